The summed E-state index contributed by atoms with van der Waals surface area (Å²) in [5.41, 5.74) is 0. The molecule has 0 radical (unpaired) electrons. The summed E-state index contributed by atoms with van der Waals surface area (Å²) in [6.45, 7) is 4.85. The molecule has 0 aromatic carbocycles. The zero-order chi connectivity index (χ0) is 13.9. The van der Waals surface area contributed by atoms with Gasteiger partial charge < -0.3 is 15.4 Å². The van der Waals surface area contributed by atoms with Crippen LogP contribution in [0.3, 0.4) is 0 Å². The highest BCUT2D eigenvalue weighted by molar-refractivity contribution is 7.18. The number of aryl methyl sites for hydroxylation is 1. The van der Waals surface area contributed by atoms with Gasteiger partial charge in [0.2, 0.25) is 5.95 Å². The van der Waals surface area contributed by atoms with Gasteiger partial charge in [-0.1, -0.05) is 0 Å². The van der Waals surface area contributed by atoms with Crippen molar-refractivity contribution in [2.24, 2.45) is 5.92 Å². The summed E-state index contributed by atoms with van der Waals surface area (Å²) in [6.07, 6.45) is 2.31. The minimum Gasteiger partial charge on any atom is -0.381 e. The van der Waals surface area contributed by atoms with E-state index >= 15 is 0 Å². The van der Waals surface area contributed by atoms with E-state index in [1.807, 2.05) is 7.05 Å². The first-order valence-electron chi connectivity index (χ1n) is 7.04. The second-order valence-electron chi connectivity index (χ2n) is 5.17. The van der Waals surface area contributed by atoms with Crippen molar-refractivity contribution in [2.45, 2.75) is 19.8 Å². The first kappa shape index (κ1) is 13.6. The molecule has 2 aromatic rings. The normalized spacial score (nSPS) is 18.6. The fourth-order valence-corrected chi connectivity index (χ4v) is 3.37. The molecule has 1 aliphatic rings. The van der Waals surface area contributed by atoms with Gasteiger partial charge in [0.15, 0.2) is 0 Å². The molecule has 1 aliphatic heterocycles. The highest BCUT2D eigenvalue weighted by Crippen LogP contribution is 2.29. The Labute approximate surface area is 122 Å². The minimum absolute atomic E-state index is 0.672. The third kappa shape index (κ3) is 2.86. The quantitative estimate of drug-likeness (QED) is 0.887. The highest BCUT2D eigenvalue weighted by Gasteiger charge is 2.15. The van der Waals surface area contributed by atoms with Crippen molar-refractivity contribution in [1.82, 2.24) is 9.97 Å². The fraction of sp³-hybridized carbons (Fsp3) is 0.571. The monoisotopic (exact) mass is 292 g/mol. The van der Waals surface area contributed by atoms with E-state index in [1.165, 1.54) is 11.3 Å². The van der Waals surface area contributed by atoms with Gasteiger partial charge in [-0.15, -0.1) is 11.3 Å². The van der Waals surface area contributed by atoms with Gasteiger partial charge in [-0.05, 0) is 31.7 Å². The van der Waals surface area contributed by atoms with Crippen LogP contribution < -0.4 is 10.6 Å². The smallest absolute Gasteiger partial charge is 0.225 e. The zero-order valence-electron chi connectivity index (χ0n) is 11.9. The Morgan fingerprint density at radius 2 is 2.35 bits per heavy atom. The maximum absolute atomic E-state index is 5.41. The molecule has 20 heavy (non-hydrogen) atoms. The van der Waals surface area contributed by atoms with Crippen molar-refractivity contribution >= 4 is 33.3 Å². The van der Waals surface area contributed by atoms with Crippen LogP contribution >= 0.6 is 11.3 Å². The molecule has 108 valence electrons. The highest BCUT2D eigenvalue weighted by atomic mass is 32.1. The molecule has 1 unspecified atom stereocenters. The summed E-state index contributed by atoms with van der Waals surface area (Å²) in [6, 6.07) is 2.15. The first-order valence-corrected chi connectivity index (χ1v) is 7.85. The summed E-state index contributed by atoms with van der Waals surface area (Å²) < 4.78 is 5.41. The van der Waals surface area contributed by atoms with Gasteiger partial charge in [-0.25, -0.2) is 4.98 Å². The number of nitrogens with one attached hydrogen (secondary N) is 2. The van der Waals surface area contributed by atoms with Crippen LogP contribution in [0, 0.1) is 12.8 Å². The van der Waals surface area contributed by atoms with Crippen LogP contribution in [0.15, 0.2) is 6.07 Å². The zero-order valence-corrected chi connectivity index (χ0v) is 12.7. The Hall–Kier alpha value is -1.40. The molecular formula is C14H20N4OS. The predicted octanol–water partition coefficient (Wildman–Crippen LogP) is 2.88. The lowest BCUT2D eigenvalue weighted by Gasteiger charge is -2.11. The maximum Gasteiger partial charge on any atom is 0.225 e. The van der Waals surface area contributed by atoms with Crippen LogP contribution in [0.2, 0.25) is 0 Å². The molecule has 1 fully saturated rings. The van der Waals surface area contributed by atoms with E-state index in [2.05, 4.69) is 33.6 Å². The van der Waals surface area contributed by atoms with Gasteiger partial charge in [-0.2, -0.15) is 4.98 Å². The molecule has 0 bridgehead atoms. The van der Waals surface area contributed by atoms with Crippen LogP contribution in [-0.4, -0.2) is 36.8 Å². The van der Waals surface area contributed by atoms with Gasteiger partial charge in [0.1, 0.15) is 10.6 Å². The number of nitrogens with zero attached hydrogens (tertiary/aromatic N) is 2. The summed E-state index contributed by atoms with van der Waals surface area (Å²) in [5.74, 6) is 2.29. The van der Waals surface area contributed by atoms with Crippen LogP contribution in [0.5, 0.6) is 0 Å². The molecule has 6 heteroatoms. The number of rotatable bonds is 5. The van der Waals surface area contributed by atoms with Crippen molar-refractivity contribution < 1.29 is 4.74 Å². The second kappa shape index (κ2) is 5.93. The Bertz CT molecular complexity index is 592. The van der Waals surface area contributed by atoms with E-state index in [0.717, 1.165) is 42.2 Å². The largest absolute Gasteiger partial charge is 0.381 e. The standard InChI is InChI=1S/C14H20N4OS/c1-9-7-11-12(16-5-3-10-4-6-19-8-10)17-14(15-2)18-13(11)20-9/h7,10H,3-6,8H2,1-2H3,(H2,15,16,17,18). The van der Waals surface area contributed by atoms with Crippen molar-refractivity contribution in [3.8, 4) is 0 Å². The van der Waals surface area contributed by atoms with Gasteiger partial charge >= 0.3 is 0 Å². The molecule has 5 nitrogen and oxygen atoms in total. The third-order valence-electron chi connectivity index (χ3n) is 3.61. The van der Waals surface area contributed by atoms with E-state index < -0.39 is 0 Å². The number of anilines is 2. The number of hydrogen-bond donors (Lipinski definition) is 2. The Kier molecular flexibility index (Phi) is 4.03. The topological polar surface area (TPSA) is 59.1 Å². The fourth-order valence-electron chi connectivity index (χ4n) is 2.49. The first-order chi connectivity index (χ1) is 9.76. The van der Waals surface area contributed by atoms with Gasteiger partial charge in [-0.3, -0.25) is 0 Å². The summed E-state index contributed by atoms with van der Waals surface area (Å²) >= 11 is 1.70. The predicted molar refractivity (Wildman–Crippen MR) is 83.7 cm³/mol. The van der Waals surface area contributed by atoms with Crippen LogP contribution in [-0.2, 0) is 4.74 Å². The van der Waals surface area contributed by atoms with Crippen molar-refractivity contribution in [2.75, 3.05) is 37.4 Å². The molecule has 0 saturated carbocycles. The molecule has 3 rings (SSSR count). The molecule has 2 N–H and O–H groups in total. The Morgan fingerprint density at radius 3 is 3.10 bits per heavy atom. The van der Waals surface area contributed by atoms with Crippen LogP contribution in [0.4, 0.5) is 11.8 Å². The molecule has 0 amide bonds. The van der Waals surface area contributed by atoms with E-state index in [1.54, 1.807) is 11.3 Å². The van der Waals surface area contributed by atoms with Gasteiger partial charge in [0.25, 0.3) is 0 Å². The second-order valence-corrected chi connectivity index (χ2v) is 6.40. The number of fused-ring (bicyclic) bond motifs is 1. The summed E-state index contributed by atoms with van der Waals surface area (Å²) in [4.78, 5) is 11.3. The van der Waals surface area contributed by atoms with Crippen LogP contribution in [0.25, 0.3) is 10.2 Å². The summed E-state index contributed by atoms with van der Waals surface area (Å²) in [7, 11) is 1.85. The van der Waals surface area contributed by atoms with E-state index in [0.29, 0.717) is 11.9 Å². The Balaban J connectivity index is 1.74. The SMILES string of the molecule is CNc1nc(NCCC2CCOC2)c2cc(C)sc2n1. The number of hydrogen-bond acceptors (Lipinski definition) is 6. The molecule has 1 atom stereocenters. The number of aromatic nitrogens is 2. The molecule has 0 spiro atoms. The van der Waals surface area contributed by atoms with Crippen molar-refractivity contribution in [3.05, 3.63) is 10.9 Å². The molecule has 3 heterocycles. The maximum atomic E-state index is 5.41. The third-order valence-corrected chi connectivity index (χ3v) is 4.55. The van der Waals surface area contributed by atoms with E-state index in [-0.39, 0.29) is 0 Å². The molecule has 1 saturated heterocycles. The summed E-state index contributed by atoms with van der Waals surface area (Å²) in [5, 5.41) is 7.61. The lowest BCUT2D eigenvalue weighted by Crippen LogP contribution is -2.11. The molecular weight excluding hydrogens is 272 g/mol. The van der Waals surface area contributed by atoms with Crippen molar-refractivity contribution in [1.29, 1.82) is 0 Å². The van der Waals surface area contributed by atoms with E-state index in [9.17, 15) is 0 Å². The lowest BCUT2D eigenvalue weighted by atomic mass is 10.1. The molecule has 2 aromatic heterocycles. The number of ether oxygens (including phenoxy) is 1. The average molecular weight is 292 g/mol. The van der Waals surface area contributed by atoms with Crippen molar-refractivity contribution in [3.63, 3.8) is 0 Å². The van der Waals surface area contributed by atoms with Crippen LogP contribution in [0.1, 0.15) is 17.7 Å². The molecule has 0 aliphatic carbocycles. The number of thiophene rings is 1. The Morgan fingerprint density at radius 1 is 1.45 bits per heavy atom. The van der Waals surface area contributed by atoms with Gasteiger partial charge in [0.05, 0.1) is 5.39 Å². The lowest BCUT2D eigenvalue weighted by molar-refractivity contribution is 0.185. The van der Waals surface area contributed by atoms with E-state index in [4.69, 9.17) is 4.74 Å². The van der Waals surface area contributed by atoms with Gasteiger partial charge in [0, 0.05) is 31.7 Å². The average Bonchev–Trinajstić information content (AvgIpc) is 3.06. The minimum atomic E-state index is 0.672.